The van der Waals surface area contributed by atoms with Crippen molar-refractivity contribution in [2.24, 2.45) is 0 Å². The lowest BCUT2D eigenvalue weighted by Crippen LogP contribution is -2.57. The molecular formula is C23H30N6O5. The van der Waals surface area contributed by atoms with Crippen molar-refractivity contribution >= 4 is 23.7 Å². The molecule has 1 saturated heterocycles. The Hall–Kier alpha value is -3.73. The van der Waals surface area contributed by atoms with Gasteiger partial charge in [0.1, 0.15) is 18.1 Å². The number of nitrogens with zero attached hydrogens (tertiary/aromatic N) is 1. The molecule has 4 unspecified atom stereocenters. The summed E-state index contributed by atoms with van der Waals surface area (Å²) in [6, 6.07) is 5.46. The second-order valence-electron chi connectivity index (χ2n) is 8.31. The monoisotopic (exact) mass is 470 g/mol. The number of carbonyl (C=O) groups excluding carboxylic acids is 3. The highest BCUT2D eigenvalue weighted by atomic mass is 16.4. The maximum absolute atomic E-state index is 13.0. The van der Waals surface area contributed by atoms with Gasteiger partial charge < -0.3 is 31.4 Å². The van der Waals surface area contributed by atoms with Gasteiger partial charge >= 0.3 is 5.97 Å². The lowest BCUT2D eigenvalue weighted by atomic mass is 10.0. The van der Waals surface area contributed by atoms with Crippen LogP contribution in [-0.2, 0) is 32.0 Å². The molecule has 0 aliphatic carbocycles. The molecule has 1 aromatic carbocycles. The molecule has 0 radical (unpaired) electrons. The van der Waals surface area contributed by atoms with Gasteiger partial charge in [-0.05, 0) is 31.9 Å². The standard InChI is InChI=1S/C23H30N6O5/c1-14(27-21(31)17-8-5-9-25-17)20(30)28-18(11-16-12-24-13-26-16)22(32)29-19(23(33)34)10-15-6-3-2-4-7-15/h2-4,6-7,12-14,17-19,25H,5,8-11H2,1H3,(H,24,26)(H,27,31)(H,28,30)(H,29,32)(H,33,34). The molecule has 182 valence electrons. The van der Waals surface area contributed by atoms with E-state index < -0.39 is 35.9 Å². The van der Waals surface area contributed by atoms with Crippen LogP contribution in [0.3, 0.4) is 0 Å². The SMILES string of the molecule is CC(NC(=O)C1CCCN1)C(=O)NC(Cc1cnc[nH]1)C(=O)NC(Cc1ccccc1)C(=O)O. The number of aromatic amines is 1. The molecule has 1 aliphatic heterocycles. The Kier molecular flexibility index (Phi) is 8.74. The number of amides is 3. The molecule has 0 bridgehead atoms. The number of nitrogens with one attached hydrogen (secondary N) is 5. The van der Waals surface area contributed by atoms with Crippen LogP contribution in [0.1, 0.15) is 31.0 Å². The fourth-order valence-electron chi connectivity index (χ4n) is 3.73. The third kappa shape index (κ3) is 7.14. The Labute approximate surface area is 197 Å². The largest absolute Gasteiger partial charge is 0.480 e. The van der Waals surface area contributed by atoms with Crippen molar-refractivity contribution in [2.75, 3.05) is 6.54 Å². The quantitative estimate of drug-likeness (QED) is 0.258. The fourth-order valence-corrected chi connectivity index (χ4v) is 3.73. The van der Waals surface area contributed by atoms with Crippen LogP contribution in [0, 0.1) is 0 Å². The molecule has 6 N–H and O–H groups in total. The van der Waals surface area contributed by atoms with Crippen LogP contribution in [0.2, 0.25) is 0 Å². The van der Waals surface area contributed by atoms with E-state index in [0.717, 1.165) is 18.5 Å². The van der Waals surface area contributed by atoms with Gasteiger partial charge in [0.05, 0.1) is 12.4 Å². The maximum Gasteiger partial charge on any atom is 0.326 e. The molecule has 11 heteroatoms. The summed E-state index contributed by atoms with van der Waals surface area (Å²) >= 11 is 0. The van der Waals surface area contributed by atoms with Gasteiger partial charge in [-0.15, -0.1) is 0 Å². The average molecular weight is 471 g/mol. The Bertz CT molecular complexity index is 975. The number of hydrogen-bond donors (Lipinski definition) is 6. The van der Waals surface area contributed by atoms with Crippen LogP contribution in [-0.4, -0.2) is 69.5 Å². The van der Waals surface area contributed by atoms with Gasteiger partial charge in [-0.1, -0.05) is 30.3 Å². The summed E-state index contributed by atoms with van der Waals surface area (Å²) in [6.45, 7) is 2.28. The van der Waals surface area contributed by atoms with Crippen molar-refractivity contribution in [3.05, 3.63) is 54.1 Å². The highest BCUT2D eigenvalue weighted by Gasteiger charge is 2.30. The second kappa shape index (κ2) is 11.9. The number of H-pyrrole nitrogens is 1. The zero-order valence-corrected chi connectivity index (χ0v) is 18.9. The Morgan fingerprint density at radius 2 is 1.79 bits per heavy atom. The summed E-state index contributed by atoms with van der Waals surface area (Å²) in [5.74, 6) is -2.67. The number of hydrogen-bond acceptors (Lipinski definition) is 6. The molecular weight excluding hydrogens is 440 g/mol. The number of carboxylic acids is 1. The fraction of sp³-hybridized carbons (Fsp3) is 0.435. The third-order valence-electron chi connectivity index (χ3n) is 5.64. The highest BCUT2D eigenvalue weighted by molar-refractivity contribution is 5.94. The van der Waals surface area contributed by atoms with E-state index in [2.05, 4.69) is 31.2 Å². The van der Waals surface area contributed by atoms with Crippen molar-refractivity contribution in [1.29, 1.82) is 0 Å². The Morgan fingerprint density at radius 1 is 1.06 bits per heavy atom. The smallest absolute Gasteiger partial charge is 0.326 e. The summed E-state index contributed by atoms with van der Waals surface area (Å²) in [4.78, 5) is 56.7. The van der Waals surface area contributed by atoms with Crippen LogP contribution in [0.4, 0.5) is 0 Å². The number of aromatic nitrogens is 2. The molecule has 1 aliphatic rings. The van der Waals surface area contributed by atoms with Gasteiger partial charge in [0, 0.05) is 24.7 Å². The first-order valence-corrected chi connectivity index (χ1v) is 11.2. The molecule has 4 atom stereocenters. The van der Waals surface area contributed by atoms with Crippen molar-refractivity contribution < 1.29 is 24.3 Å². The minimum atomic E-state index is -1.19. The topological polar surface area (TPSA) is 165 Å². The van der Waals surface area contributed by atoms with E-state index in [1.54, 1.807) is 24.3 Å². The zero-order chi connectivity index (χ0) is 24.5. The van der Waals surface area contributed by atoms with E-state index in [9.17, 15) is 24.3 Å². The van der Waals surface area contributed by atoms with Crippen molar-refractivity contribution in [1.82, 2.24) is 31.2 Å². The van der Waals surface area contributed by atoms with Gasteiger partial charge in [0.15, 0.2) is 0 Å². The van der Waals surface area contributed by atoms with Crippen LogP contribution in [0.15, 0.2) is 42.9 Å². The number of carboxylic acid groups (broad SMARTS) is 1. The molecule has 0 saturated carbocycles. The predicted octanol–water partition coefficient (Wildman–Crippen LogP) is -0.494. The molecule has 3 amide bonds. The van der Waals surface area contributed by atoms with Gasteiger partial charge in [-0.3, -0.25) is 14.4 Å². The third-order valence-corrected chi connectivity index (χ3v) is 5.64. The van der Waals surface area contributed by atoms with Crippen LogP contribution in [0.5, 0.6) is 0 Å². The van der Waals surface area contributed by atoms with E-state index >= 15 is 0 Å². The normalized spacial score (nSPS) is 17.9. The minimum Gasteiger partial charge on any atom is -0.480 e. The first-order valence-electron chi connectivity index (χ1n) is 11.2. The van der Waals surface area contributed by atoms with Crippen molar-refractivity contribution in [3.63, 3.8) is 0 Å². The molecule has 1 aromatic heterocycles. The van der Waals surface area contributed by atoms with Crippen LogP contribution in [0.25, 0.3) is 0 Å². The lowest BCUT2D eigenvalue weighted by molar-refractivity contribution is -0.142. The van der Waals surface area contributed by atoms with E-state index in [1.807, 2.05) is 6.07 Å². The molecule has 0 spiro atoms. The Balaban J connectivity index is 1.66. The number of carbonyl (C=O) groups is 4. The van der Waals surface area contributed by atoms with Crippen LogP contribution >= 0.6 is 0 Å². The molecule has 2 aromatic rings. The van der Waals surface area contributed by atoms with Gasteiger partial charge in [0.2, 0.25) is 17.7 Å². The molecule has 3 rings (SSSR count). The first kappa shape index (κ1) is 24.9. The molecule has 1 fully saturated rings. The zero-order valence-electron chi connectivity index (χ0n) is 18.9. The lowest BCUT2D eigenvalue weighted by Gasteiger charge is -2.23. The summed E-state index contributed by atoms with van der Waals surface area (Å²) in [5.41, 5.74) is 1.34. The minimum absolute atomic E-state index is 0.0695. The van der Waals surface area contributed by atoms with Gasteiger partial charge in [-0.25, -0.2) is 9.78 Å². The van der Waals surface area contributed by atoms with Gasteiger partial charge in [-0.2, -0.15) is 0 Å². The van der Waals surface area contributed by atoms with E-state index in [4.69, 9.17) is 0 Å². The maximum atomic E-state index is 13.0. The highest BCUT2D eigenvalue weighted by Crippen LogP contribution is 2.07. The number of rotatable bonds is 11. The Morgan fingerprint density at radius 3 is 2.41 bits per heavy atom. The summed E-state index contributed by atoms with van der Waals surface area (Å²) < 4.78 is 0. The number of imidazole rings is 1. The first-order chi connectivity index (χ1) is 16.3. The molecule has 34 heavy (non-hydrogen) atoms. The van der Waals surface area contributed by atoms with Crippen LogP contribution < -0.4 is 21.3 Å². The van der Waals surface area contributed by atoms with E-state index in [1.165, 1.54) is 19.4 Å². The second-order valence-corrected chi connectivity index (χ2v) is 8.31. The molecule has 2 heterocycles. The summed E-state index contributed by atoms with van der Waals surface area (Å²) in [5, 5.41) is 20.5. The number of aliphatic carboxylic acids is 1. The van der Waals surface area contributed by atoms with E-state index in [0.29, 0.717) is 12.1 Å². The number of benzene rings is 1. The molecule has 11 nitrogen and oxygen atoms in total. The predicted molar refractivity (Wildman–Crippen MR) is 123 cm³/mol. The van der Waals surface area contributed by atoms with Crippen molar-refractivity contribution in [3.8, 4) is 0 Å². The average Bonchev–Trinajstić information content (AvgIpc) is 3.53. The van der Waals surface area contributed by atoms with E-state index in [-0.39, 0.29) is 24.8 Å². The summed E-state index contributed by atoms with van der Waals surface area (Å²) in [6.07, 6.45) is 4.70. The summed E-state index contributed by atoms with van der Waals surface area (Å²) in [7, 11) is 0. The van der Waals surface area contributed by atoms with Gasteiger partial charge in [0.25, 0.3) is 0 Å². The van der Waals surface area contributed by atoms with Crippen molar-refractivity contribution in [2.45, 2.75) is 56.8 Å².